The molecule has 0 bridgehead atoms. The van der Waals surface area contributed by atoms with Gasteiger partial charge in [0.05, 0.1) is 26.5 Å². The highest BCUT2D eigenvalue weighted by Crippen LogP contribution is 2.18. The van der Waals surface area contributed by atoms with E-state index in [1.807, 2.05) is 0 Å². The van der Waals surface area contributed by atoms with Gasteiger partial charge >= 0.3 is 11.8 Å². The maximum absolute atomic E-state index is 13.0. The van der Waals surface area contributed by atoms with Crippen molar-refractivity contribution in [1.82, 2.24) is 0 Å². The highest BCUT2D eigenvalue weighted by Gasteiger charge is 2.38. The number of amides is 2. The number of aliphatic hydroxyl groups is 1. The smallest absolute Gasteiger partial charge is 0.320 e. The summed E-state index contributed by atoms with van der Waals surface area (Å²) in [6.45, 7) is 4.65. The Kier molecular flexibility index (Phi) is 32.1. The van der Waals surface area contributed by atoms with Gasteiger partial charge in [0.25, 0.3) is 0 Å². The minimum absolute atomic E-state index is 0.00490. The quantitative estimate of drug-likeness (QED) is 0.0584. The SMILES string of the molecule is CCCCCCCCCCCCCCCCCC(=O)[N+](C)(CCO)C(=O)CCCCCCCCCCCCCCCCC. The first-order valence-corrected chi connectivity index (χ1v) is 19.6. The van der Waals surface area contributed by atoms with Crippen LogP contribution >= 0.6 is 0 Å². The lowest BCUT2D eigenvalue weighted by atomic mass is 10.0. The summed E-state index contributed by atoms with van der Waals surface area (Å²) in [4.78, 5) is 26.1. The van der Waals surface area contributed by atoms with E-state index in [0.717, 1.165) is 25.7 Å². The molecular weight excluding hydrogens is 530 g/mol. The summed E-state index contributed by atoms with van der Waals surface area (Å²) in [5, 5.41) is 9.59. The van der Waals surface area contributed by atoms with Gasteiger partial charge in [0, 0.05) is 0 Å². The zero-order valence-corrected chi connectivity index (χ0v) is 29.8. The van der Waals surface area contributed by atoms with Gasteiger partial charge in [-0.2, -0.15) is 4.48 Å². The van der Waals surface area contributed by atoms with Gasteiger partial charge in [0.15, 0.2) is 0 Å². The van der Waals surface area contributed by atoms with Gasteiger partial charge in [-0.25, -0.2) is 9.59 Å². The Morgan fingerprint density at radius 1 is 0.395 bits per heavy atom. The molecule has 0 saturated heterocycles. The summed E-state index contributed by atoms with van der Waals surface area (Å²) in [7, 11) is 1.73. The summed E-state index contributed by atoms with van der Waals surface area (Å²) in [5.41, 5.74) is 0. The molecule has 0 aliphatic heterocycles. The van der Waals surface area contributed by atoms with Crippen molar-refractivity contribution in [2.75, 3.05) is 20.2 Å². The number of likely N-dealkylation sites (N-methyl/N-ethyl adjacent to an activating group) is 1. The van der Waals surface area contributed by atoms with Crippen LogP contribution in [0, 0.1) is 0 Å². The molecule has 0 saturated carbocycles. The van der Waals surface area contributed by atoms with Crippen molar-refractivity contribution in [3.63, 3.8) is 0 Å². The molecule has 0 aliphatic rings. The average Bonchev–Trinajstić information content (AvgIpc) is 3.00. The minimum Gasteiger partial charge on any atom is -0.390 e. The fourth-order valence-electron chi connectivity index (χ4n) is 6.38. The summed E-state index contributed by atoms with van der Waals surface area (Å²) >= 11 is 0. The molecule has 0 rings (SSSR count). The average molecular weight is 609 g/mol. The molecule has 0 atom stereocenters. The second-order valence-electron chi connectivity index (χ2n) is 13.8. The molecule has 2 amide bonds. The molecule has 0 aromatic rings. The van der Waals surface area contributed by atoms with Crippen molar-refractivity contribution >= 4 is 11.8 Å². The number of unbranched alkanes of at least 4 members (excludes halogenated alkanes) is 28. The van der Waals surface area contributed by atoms with Crippen molar-refractivity contribution in [1.29, 1.82) is 0 Å². The van der Waals surface area contributed by atoms with Gasteiger partial charge in [-0.1, -0.05) is 194 Å². The first kappa shape index (κ1) is 42.3. The van der Waals surface area contributed by atoms with E-state index in [9.17, 15) is 14.7 Å². The lowest BCUT2D eigenvalue weighted by molar-refractivity contribution is -0.759. The molecule has 0 aromatic heterocycles. The second-order valence-corrected chi connectivity index (χ2v) is 13.8. The van der Waals surface area contributed by atoms with E-state index in [1.54, 1.807) is 7.05 Å². The van der Waals surface area contributed by atoms with Gasteiger partial charge in [0.1, 0.15) is 6.54 Å². The summed E-state index contributed by atoms with van der Waals surface area (Å²) in [6, 6.07) is 0. The van der Waals surface area contributed by atoms with E-state index in [4.69, 9.17) is 0 Å². The van der Waals surface area contributed by atoms with E-state index < -0.39 is 0 Å². The maximum Gasteiger partial charge on any atom is 0.320 e. The molecule has 0 spiro atoms. The first-order valence-electron chi connectivity index (χ1n) is 19.6. The number of hydrogen-bond donors (Lipinski definition) is 1. The Morgan fingerprint density at radius 3 is 0.814 bits per heavy atom. The van der Waals surface area contributed by atoms with Gasteiger partial charge < -0.3 is 5.11 Å². The van der Waals surface area contributed by atoms with E-state index in [0.29, 0.717) is 12.8 Å². The number of aliphatic hydroxyl groups excluding tert-OH is 1. The molecule has 0 unspecified atom stereocenters. The van der Waals surface area contributed by atoms with Gasteiger partial charge in [-0.15, -0.1) is 0 Å². The minimum atomic E-state index is -0.215. The van der Waals surface area contributed by atoms with Crippen molar-refractivity contribution < 1.29 is 19.2 Å². The zero-order chi connectivity index (χ0) is 31.7. The third-order valence-corrected chi connectivity index (χ3v) is 9.64. The Balaban J connectivity index is 3.78. The van der Waals surface area contributed by atoms with Crippen LogP contribution in [0.4, 0.5) is 0 Å². The number of hydrogen-bond acceptors (Lipinski definition) is 3. The molecule has 4 nitrogen and oxygen atoms in total. The third-order valence-electron chi connectivity index (χ3n) is 9.64. The zero-order valence-electron chi connectivity index (χ0n) is 29.8. The number of nitrogens with zero attached hydrogens (tertiary/aromatic N) is 1. The number of carbonyl (C=O) groups is 2. The Morgan fingerprint density at radius 2 is 0.605 bits per heavy atom. The fourth-order valence-corrected chi connectivity index (χ4v) is 6.38. The monoisotopic (exact) mass is 609 g/mol. The second kappa shape index (κ2) is 32.6. The first-order chi connectivity index (χ1) is 21.0. The highest BCUT2D eigenvalue weighted by atomic mass is 16.3. The Labute approximate surface area is 270 Å². The highest BCUT2D eigenvalue weighted by molar-refractivity contribution is 5.84. The van der Waals surface area contributed by atoms with E-state index >= 15 is 0 Å². The van der Waals surface area contributed by atoms with E-state index in [-0.39, 0.29) is 29.4 Å². The Bertz CT molecular complexity index is 559. The van der Waals surface area contributed by atoms with Crippen LogP contribution in [0.15, 0.2) is 0 Å². The largest absolute Gasteiger partial charge is 0.390 e. The van der Waals surface area contributed by atoms with Gasteiger partial charge in [-0.3, -0.25) is 0 Å². The standard InChI is InChI=1S/C39H78NO3/c1-4-6-8-10-12-14-16-18-20-22-24-26-28-30-32-34-38(42)40(3,36-37-41)39(43)35-33-31-29-27-25-23-21-19-17-15-13-11-9-7-5-2/h41H,4-37H2,1-3H3/q+1. The predicted molar refractivity (Wildman–Crippen MR) is 187 cm³/mol. The molecule has 1 N–H and O–H groups in total. The molecular formula is C39H78NO3+. The van der Waals surface area contributed by atoms with Crippen molar-refractivity contribution in [3.8, 4) is 0 Å². The van der Waals surface area contributed by atoms with Gasteiger partial charge in [0.2, 0.25) is 0 Å². The normalized spacial score (nSPS) is 11.8. The van der Waals surface area contributed by atoms with Crippen LogP contribution in [0.25, 0.3) is 0 Å². The topological polar surface area (TPSA) is 54.4 Å². The molecule has 0 radical (unpaired) electrons. The maximum atomic E-state index is 13.0. The van der Waals surface area contributed by atoms with Crippen LogP contribution < -0.4 is 0 Å². The fraction of sp³-hybridized carbons (Fsp3) is 0.949. The number of quaternary nitrogens is 1. The third kappa shape index (κ3) is 26.2. The molecule has 0 heterocycles. The lowest BCUT2D eigenvalue weighted by Crippen LogP contribution is -2.55. The summed E-state index contributed by atoms with van der Waals surface area (Å²) < 4.78 is -0.215. The van der Waals surface area contributed by atoms with Gasteiger partial charge in [-0.05, 0) is 12.8 Å². The molecule has 0 aliphatic carbocycles. The summed E-state index contributed by atoms with van der Waals surface area (Å²) in [6.07, 6.45) is 40.0. The van der Waals surface area contributed by atoms with Crippen LogP contribution in [0.3, 0.4) is 0 Å². The van der Waals surface area contributed by atoms with Crippen LogP contribution in [-0.4, -0.2) is 41.6 Å². The molecule has 0 aromatic carbocycles. The molecule has 43 heavy (non-hydrogen) atoms. The molecule has 256 valence electrons. The van der Waals surface area contributed by atoms with E-state index in [2.05, 4.69) is 13.8 Å². The van der Waals surface area contributed by atoms with Crippen molar-refractivity contribution in [2.45, 2.75) is 219 Å². The number of imide groups is 1. The predicted octanol–water partition coefficient (Wildman–Crippen LogP) is 12.0. The molecule has 0 fully saturated rings. The number of carbonyl (C=O) groups excluding carboxylic acids is 2. The molecule has 4 heteroatoms. The van der Waals surface area contributed by atoms with Crippen molar-refractivity contribution in [3.05, 3.63) is 0 Å². The van der Waals surface area contributed by atoms with Crippen LogP contribution in [0.1, 0.15) is 219 Å². The van der Waals surface area contributed by atoms with Crippen LogP contribution in [-0.2, 0) is 9.59 Å². The number of rotatable bonds is 34. The van der Waals surface area contributed by atoms with Crippen molar-refractivity contribution in [2.24, 2.45) is 0 Å². The van der Waals surface area contributed by atoms with E-state index in [1.165, 1.54) is 167 Å². The lowest BCUT2D eigenvalue weighted by Gasteiger charge is -2.28. The van der Waals surface area contributed by atoms with Crippen LogP contribution in [0.5, 0.6) is 0 Å². The summed E-state index contributed by atoms with van der Waals surface area (Å²) in [5.74, 6) is -0.00981. The van der Waals surface area contributed by atoms with Crippen LogP contribution in [0.2, 0.25) is 0 Å². The Hall–Kier alpha value is -0.740.